The number of ether oxygens (including phenoxy) is 1. The standard InChI is InChI=1S/C22H30N2O2/c1-23(16-19-8-3-2-4-9-19)21-11-7-13-24(18-21)17-20-10-5-6-12-22(20)26-15-14-25/h2-6,8-10,12,21,25H,7,11,13-18H2,1H3/t21-/m1/s1. The summed E-state index contributed by atoms with van der Waals surface area (Å²) in [5.41, 5.74) is 2.57. The topological polar surface area (TPSA) is 35.9 Å². The summed E-state index contributed by atoms with van der Waals surface area (Å²) in [7, 11) is 2.24. The zero-order chi connectivity index (χ0) is 18.2. The van der Waals surface area contributed by atoms with Crippen LogP contribution in [0.4, 0.5) is 0 Å². The minimum absolute atomic E-state index is 0.0460. The van der Waals surface area contributed by atoms with Crippen LogP contribution in [0.15, 0.2) is 54.6 Å². The molecule has 0 aliphatic carbocycles. The third-order valence-corrected chi connectivity index (χ3v) is 5.09. The third kappa shape index (κ3) is 5.31. The van der Waals surface area contributed by atoms with Crippen molar-refractivity contribution in [2.75, 3.05) is 33.4 Å². The number of likely N-dealkylation sites (tertiary alicyclic amines) is 1. The summed E-state index contributed by atoms with van der Waals surface area (Å²) in [6, 6.07) is 19.4. The molecule has 0 saturated carbocycles. The highest BCUT2D eigenvalue weighted by molar-refractivity contribution is 5.33. The van der Waals surface area contributed by atoms with Crippen molar-refractivity contribution in [3.8, 4) is 5.75 Å². The fourth-order valence-corrected chi connectivity index (χ4v) is 3.71. The summed E-state index contributed by atoms with van der Waals surface area (Å²) in [4.78, 5) is 5.01. The first-order valence-corrected chi connectivity index (χ1v) is 9.54. The summed E-state index contributed by atoms with van der Waals surface area (Å²) >= 11 is 0. The van der Waals surface area contributed by atoms with E-state index in [1.54, 1.807) is 0 Å². The smallest absolute Gasteiger partial charge is 0.123 e. The van der Waals surface area contributed by atoms with Gasteiger partial charge in [0, 0.05) is 31.2 Å². The number of hydrogen-bond acceptors (Lipinski definition) is 4. The highest BCUT2D eigenvalue weighted by Gasteiger charge is 2.23. The first kappa shape index (κ1) is 18.9. The number of para-hydroxylation sites is 1. The average molecular weight is 354 g/mol. The van der Waals surface area contributed by atoms with Crippen molar-refractivity contribution in [3.63, 3.8) is 0 Å². The van der Waals surface area contributed by atoms with E-state index in [0.29, 0.717) is 12.6 Å². The van der Waals surface area contributed by atoms with E-state index in [4.69, 9.17) is 9.84 Å². The molecule has 1 aliphatic rings. The van der Waals surface area contributed by atoms with Crippen LogP contribution in [0, 0.1) is 0 Å². The largest absolute Gasteiger partial charge is 0.491 e. The van der Waals surface area contributed by atoms with E-state index in [1.165, 1.54) is 24.0 Å². The van der Waals surface area contributed by atoms with Crippen LogP contribution < -0.4 is 4.74 Å². The molecule has 3 rings (SSSR count). The van der Waals surface area contributed by atoms with Gasteiger partial charge >= 0.3 is 0 Å². The molecule has 0 radical (unpaired) electrons. The van der Waals surface area contributed by atoms with Crippen LogP contribution in [0.1, 0.15) is 24.0 Å². The van der Waals surface area contributed by atoms with Crippen LogP contribution >= 0.6 is 0 Å². The second kappa shape index (κ2) is 9.72. The Hall–Kier alpha value is -1.88. The minimum Gasteiger partial charge on any atom is -0.491 e. The van der Waals surface area contributed by atoms with Crippen molar-refractivity contribution in [2.45, 2.75) is 32.0 Å². The number of rotatable bonds is 8. The molecule has 0 unspecified atom stereocenters. The molecule has 1 atom stereocenters. The normalized spacial score (nSPS) is 18.2. The number of aliphatic hydroxyl groups excluding tert-OH is 1. The predicted molar refractivity (Wildman–Crippen MR) is 105 cm³/mol. The van der Waals surface area contributed by atoms with E-state index < -0.39 is 0 Å². The lowest BCUT2D eigenvalue weighted by molar-refractivity contribution is 0.106. The summed E-state index contributed by atoms with van der Waals surface area (Å²) in [5.74, 6) is 0.890. The molecule has 4 nitrogen and oxygen atoms in total. The minimum atomic E-state index is 0.0460. The Morgan fingerprint density at radius 3 is 2.69 bits per heavy atom. The molecule has 1 N–H and O–H groups in total. The molecule has 4 heteroatoms. The van der Waals surface area contributed by atoms with Gasteiger partial charge in [0.1, 0.15) is 12.4 Å². The number of aliphatic hydroxyl groups is 1. The molecule has 1 aliphatic heterocycles. The Kier molecular flexibility index (Phi) is 7.06. The maximum absolute atomic E-state index is 9.02. The maximum atomic E-state index is 9.02. The van der Waals surface area contributed by atoms with Gasteiger partial charge in [0.25, 0.3) is 0 Å². The van der Waals surface area contributed by atoms with Crippen molar-refractivity contribution in [2.24, 2.45) is 0 Å². The van der Waals surface area contributed by atoms with E-state index in [0.717, 1.165) is 31.9 Å². The molecule has 2 aromatic carbocycles. The Labute approximate surface area is 157 Å². The number of benzene rings is 2. The van der Waals surface area contributed by atoms with Gasteiger partial charge in [-0.1, -0.05) is 48.5 Å². The fraction of sp³-hybridized carbons (Fsp3) is 0.455. The van der Waals surface area contributed by atoms with Crippen LogP contribution in [-0.2, 0) is 13.1 Å². The summed E-state index contributed by atoms with van der Waals surface area (Å²) < 4.78 is 5.69. The van der Waals surface area contributed by atoms with E-state index >= 15 is 0 Å². The van der Waals surface area contributed by atoms with Crippen LogP contribution in [0.3, 0.4) is 0 Å². The van der Waals surface area contributed by atoms with Crippen LogP contribution in [0.25, 0.3) is 0 Å². The number of hydrogen-bond donors (Lipinski definition) is 1. The molecule has 0 amide bonds. The second-order valence-electron chi connectivity index (χ2n) is 7.11. The zero-order valence-electron chi connectivity index (χ0n) is 15.7. The fourth-order valence-electron chi connectivity index (χ4n) is 3.71. The van der Waals surface area contributed by atoms with Crippen molar-refractivity contribution in [1.82, 2.24) is 9.80 Å². The molecule has 2 aromatic rings. The summed E-state index contributed by atoms with van der Waals surface area (Å²) in [6.07, 6.45) is 2.48. The van der Waals surface area contributed by atoms with Crippen molar-refractivity contribution >= 4 is 0 Å². The molecule has 1 heterocycles. The van der Waals surface area contributed by atoms with Gasteiger partial charge in [0.15, 0.2) is 0 Å². The molecular formula is C22H30N2O2. The summed E-state index contributed by atoms with van der Waals surface area (Å²) in [5, 5.41) is 9.02. The van der Waals surface area contributed by atoms with Gasteiger partial charge in [0.2, 0.25) is 0 Å². The molecule has 26 heavy (non-hydrogen) atoms. The van der Waals surface area contributed by atoms with E-state index in [2.05, 4.69) is 59.3 Å². The Morgan fingerprint density at radius 2 is 1.88 bits per heavy atom. The first-order chi connectivity index (χ1) is 12.8. The van der Waals surface area contributed by atoms with Crippen LogP contribution in [-0.4, -0.2) is 54.3 Å². The van der Waals surface area contributed by atoms with Gasteiger partial charge in [-0.15, -0.1) is 0 Å². The van der Waals surface area contributed by atoms with Gasteiger partial charge in [-0.2, -0.15) is 0 Å². The van der Waals surface area contributed by atoms with Crippen molar-refractivity contribution in [1.29, 1.82) is 0 Å². The van der Waals surface area contributed by atoms with Gasteiger partial charge in [-0.05, 0) is 38.1 Å². The molecule has 0 aromatic heterocycles. The molecule has 1 fully saturated rings. The van der Waals surface area contributed by atoms with E-state index in [-0.39, 0.29) is 6.61 Å². The molecule has 140 valence electrons. The zero-order valence-corrected chi connectivity index (χ0v) is 15.7. The number of likely N-dealkylation sites (N-methyl/N-ethyl adjacent to an activating group) is 1. The maximum Gasteiger partial charge on any atom is 0.123 e. The lowest BCUT2D eigenvalue weighted by Crippen LogP contribution is -2.45. The Morgan fingerprint density at radius 1 is 1.12 bits per heavy atom. The van der Waals surface area contributed by atoms with Gasteiger partial charge < -0.3 is 9.84 Å². The Bertz CT molecular complexity index is 662. The van der Waals surface area contributed by atoms with Gasteiger partial charge in [-0.25, -0.2) is 0 Å². The molecular weight excluding hydrogens is 324 g/mol. The monoisotopic (exact) mass is 354 g/mol. The summed E-state index contributed by atoms with van der Waals surface area (Å²) in [6.45, 7) is 4.50. The quantitative estimate of drug-likeness (QED) is 0.790. The number of piperidine rings is 1. The SMILES string of the molecule is CN(Cc1ccccc1)[C@@H]1CCCN(Cc2ccccc2OCCO)C1. The highest BCUT2D eigenvalue weighted by Crippen LogP contribution is 2.23. The average Bonchev–Trinajstić information content (AvgIpc) is 2.68. The molecule has 0 spiro atoms. The first-order valence-electron chi connectivity index (χ1n) is 9.54. The second-order valence-corrected chi connectivity index (χ2v) is 7.11. The van der Waals surface area contributed by atoms with E-state index in [9.17, 15) is 0 Å². The third-order valence-electron chi connectivity index (χ3n) is 5.09. The highest BCUT2D eigenvalue weighted by atomic mass is 16.5. The van der Waals surface area contributed by atoms with E-state index in [1.807, 2.05) is 12.1 Å². The molecule has 1 saturated heterocycles. The van der Waals surface area contributed by atoms with Gasteiger partial charge in [-0.3, -0.25) is 9.80 Å². The van der Waals surface area contributed by atoms with Crippen molar-refractivity contribution < 1.29 is 9.84 Å². The van der Waals surface area contributed by atoms with Crippen LogP contribution in [0.5, 0.6) is 5.75 Å². The molecule has 0 bridgehead atoms. The Balaban J connectivity index is 1.58. The van der Waals surface area contributed by atoms with Crippen molar-refractivity contribution in [3.05, 3.63) is 65.7 Å². The lowest BCUT2D eigenvalue weighted by Gasteiger charge is -2.38. The lowest BCUT2D eigenvalue weighted by atomic mass is 10.0. The van der Waals surface area contributed by atoms with Crippen LogP contribution in [0.2, 0.25) is 0 Å². The predicted octanol–water partition coefficient (Wildman–Crippen LogP) is 3.15. The number of nitrogens with zero attached hydrogens (tertiary/aromatic N) is 2. The van der Waals surface area contributed by atoms with Gasteiger partial charge in [0.05, 0.1) is 6.61 Å².